The van der Waals surface area contributed by atoms with E-state index in [9.17, 15) is 0 Å². The van der Waals surface area contributed by atoms with E-state index in [1.54, 1.807) is 5.56 Å². The van der Waals surface area contributed by atoms with Crippen LogP contribution in [0.15, 0.2) is 109 Å². The summed E-state index contributed by atoms with van der Waals surface area (Å²) in [5.74, 6) is 0.595. The summed E-state index contributed by atoms with van der Waals surface area (Å²) in [7, 11) is 0. The molecule has 4 aromatic rings. The highest BCUT2D eigenvalue weighted by atomic mass is 14.3. The van der Waals surface area contributed by atoms with Gasteiger partial charge in [0, 0.05) is 0 Å². The van der Waals surface area contributed by atoms with Gasteiger partial charge in [0.2, 0.25) is 0 Å². The van der Waals surface area contributed by atoms with Crippen LogP contribution in [0.5, 0.6) is 0 Å². The van der Waals surface area contributed by atoms with E-state index in [4.69, 9.17) is 0 Å². The first-order chi connectivity index (χ1) is 18.4. The van der Waals surface area contributed by atoms with E-state index in [-0.39, 0.29) is 0 Å². The van der Waals surface area contributed by atoms with Crippen molar-refractivity contribution in [2.75, 3.05) is 0 Å². The van der Waals surface area contributed by atoms with Crippen molar-refractivity contribution in [2.45, 2.75) is 44.4 Å². The van der Waals surface area contributed by atoms with Gasteiger partial charge in [0.1, 0.15) is 0 Å². The fraction of sp³-hybridized carbons (Fsp3) is 0.189. The van der Waals surface area contributed by atoms with Gasteiger partial charge in [-0.3, -0.25) is 0 Å². The Hall–Kier alpha value is -3.90. The highest BCUT2D eigenvalue weighted by molar-refractivity contribution is 5.87. The Morgan fingerprint density at radius 2 is 1.35 bits per heavy atom. The van der Waals surface area contributed by atoms with Gasteiger partial charge in [0.05, 0.1) is 0 Å². The number of fused-ring (bicyclic) bond motifs is 2. The Morgan fingerprint density at radius 3 is 2.03 bits per heavy atom. The van der Waals surface area contributed by atoms with Crippen LogP contribution in [0, 0.1) is 10.4 Å². The van der Waals surface area contributed by atoms with E-state index in [1.807, 2.05) is 0 Å². The van der Waals surface area contributed by atoms with Crippen LogP contribution in [0.4, 0.5) is 0 Å². The first-order valence-electron chi connectivity index (χ1n) is 13.9. The zero-order valence-corrected chi connectivity index (χ0v) is 21.3. The van der Waals surface area contributed by atoms with Gasteiger partial charge in [-0.2, -0.15) is 0 Å². The van der Waals surface area contributed by atoms with Crippen LogP contribution in [0.1, 0.15) is 72.3 Å². The van der Waals surface area contributed by atoms with E-state index in [1.165, 1.54) is 86.4 Å². The summed E-state index contributed by atoms with van der Waals surface area (Å²) >= 11 is 0. The first kappa shape index (κ1) is 22.3. The third-order valence-electron chi connectivity index (χ3n) is 8.46. The minimum absolute atomic E-state index is 0.595. The highest BCUT2D eigenvalue weighted by Gasteiger charge is 2.25. The van der Waals surface area contributed by atoms with Gasteiger partial charge in [-0.1, -0.05) is 122 Å². The molecule has 0 bridgehead atoms. The smallest absolute Gasteiger partial charge is 0.00296 e. The van der Waals surface area contributed by atoms with Gasteiger partial charge in [0.15, 0.2) is 0 Å². The van der Waals surface area contributed by atoms with Gasteiger partial charge in [-0.05, 0) is 97.2 Å². The van der Waals surface area contributed by atoms with Gasteiger partial charge >= 0.3 is 0 Å². The summed E-state index contributed by atoms with van der Waals surface area (Å²) in [6, 6.07) is 33.7. The summed E-state index contributed by atoms with van der Waals surface area (Å²) in [6.45, 7) is 0. The minimum Gasteiger partial charge on any atom is -0.0801 e. The second-order valence-electron chi connectivity index (χ2n) is 10.7. The molecule has 0 saturated heterocycles. The van der Waals surface area contributed by atoms with Crippen molar-refractivity contribution < 1.29 is 0 Å². The molecule has 1 saturated carbocycles. The molecule has 0 spiro atoms. The molecule has 4 aromatic carbocycles. The fourth-order valence-electron chi connectivity index (χ4n) is 6.75. The quantitative estimate of drug-likeness (QED) is 0.249. The maximum absolute atomic E-state index is 2.58. The Morgan fingerprint density at radius 1 is 0.676 bits per heavy atom. The summed E-state index contributed by atoms with van der Waals surface area (Å²) in [4.78, 5) is 0. The lowest BCUT2D eigenvalue weighted by Crippen LogP contribution is -2.25. The number of hydrogen-bond acceptors (Lipinski definition) is 0. The SMILES string of the molecule is C1=CCC(c2c3c(cc(C4CCCCC4)c2=C(c2ccccc2)c2ccccc2)=c2ccccc2=C3)=C1. The largest absolute Gasteiger partial charge is 0.0801 e. The van der Waals surface area contributed by atoms with Gasteiger partial charge in [-0.25, -0.2) is 0 Å². The van der Waals surface area contributed by atoms with Crippen LogP contribution in [0.2, 0.25) is 0 Å². The molecule has 7 rings (SSSR count). The maximum Gasteiger partial charge on any atom is -0.00296 e. The Kier molecular flexibility index (Phi) is 5.74. The molecule has 0 N–H and O–H groups in total. The van der Waals surface area contributed by atoms with Crippen molar-refractivity contribution in [3.05, 3.63) is 158 Å². The number of rotatable bonds is 4. The average molecular weight is 477 g/mol. The van der Waals surface area contributed by atoms with E-state index >= 15 is 0 Å². The van der Waals surface area contributed by atoms with Crippen molar-refractivity contribution in [3.8, 4) is 0 Å². The molecular weight excluding hydrogens is 444 g/mol. The first-order valence-corrected chi connectivity index (χ1v) is 13.9. The van der Waals surface area contributed by atoms with Gasteiger partial charge in [0.25, 0.3) is 0 Å². The van der Waals surface area contributed by atoms with Crippen molar-refractivity contribution >= 4 is 17.2 Å². The molecule has 0 aliphatic heterocycles. The van der Waals surface area contributed by atoms with Gasteiger partial charge < -0.3 is 0 Å². The zero-order valence-electron chi connectivity index (χ0n) is 21.3. The van der Waals surface area contributed by atoms with Crippen molar-refractivity contribution in [3.63, 3.8) is 0 Å². The molecule has 0 heterocycles. The molecular formula is C37H32. The van der Waals surface area contributed by atoms with Crippen LogP contribution in [0.3, 0.4) is 0 Å². The van der Waals surface area contributed by atoms with Crippen molar-refractivity contribution in [1.82, 2.24) is 0 Å². The van der Waals surface area contributed by atoms with Crippen molar-refractivity contribution in [1.29, 1.82) is 0 Å². The monoisotopic (exact) mass is 476 g/mol. The molecule has 0 unspecified atom stereocenters. The number of hydrogen-bond donors (Lipinski definition) is 0. The highest BCUT2D eigenvalue weighted by Crippen LogP contribution is 2.36. The zero-order chi connectivity index (χ0) is 24.6. The van der Waals surface area contributed by atoms with E-state index in [0.29, 0.717) is 5.92 Å². The molecule has 3 aliphatic carbocycles. The molecule has 180 valence electrons. The maximum atomic E-state index is 2.58. The van der Waals surface area contributed by atoms with E-state index in [2.05, 4.69) is 115 Å². The summed E-state index contributed by atoms with van der Waals surface area (Å²) in [5, 5.41) is 5.61. The summed E-state index contributed by atoms with van der Waals surface area (Å²) < 4.78 is 0. The normalized spacial score (nSPS) is 16.2. The van der Waals surface area contributed by atoms with Crippen LogP contribution < -0.4 is 10.4 Å². The Balaban J connectivity index is 1.72. The summed E-state index contributed by atoms with van der Waals surface area (Å²) in [5.41, 5.74) is 9.81. The molecule has 0 heteroatoms. The minimum atomic E-state index is 0.595. The molecule has 0 radical (unpaired) electrons. The molecule has 0 aromatic heterocycles. The Bertz CT molecular complexity index is 1700. The third-order valence-corrected chi connectivity index (χ3v) is 8.46. The number of benzene rings is 4. The molecule has 0 atom stereocenters. The second kappa shape index (κ2) is 9.52. The average Bonchev–Trinajstić information content (AvgIpc) is 3.63. The third kappa shape index (κ3) is 3.92. The standard InChI is InChI=1S/C37H32/c1-4-14-26(15-5-1)32-25-33-31-23-13-12-22-30(31)24-34(33)36(29-20-10-11-21-29)37(32)35(27-16-6-2-7-17-27)28-18-8-3-9-19-28/h2-3,6-13,16-20,22-26H,1,4-5,14-15,21H2. The van der Waals surface area contributed by atoms with Crippen LogP contribution >= 0.6 is 0 Å². The number of allylic oxidation sites excluding steroid dienone is 4. The van der Waals surface area contributed by atoms with Crippen LogP contribution in [-0.2, 0) is 0 Å². The molecule has 3 aliphatic rings. The lowest BCUT2D eigenvalue weighted by Gasteiger charge is -2.26. The van der Waals surface area contributed by atoms with E-state index < -0.39 is 0 Å². The lowest BCUT2D eigenvalue weighted by atomic mass is 9.78. The van der Waals surface area contributed by atoms with Crippen LogP contribution in [-0.4, -0.2) is 0 Å². The second-order valence-corrected chi connectivity index (χ2v) is 10.7. The summed E-state index contributed by atoms with van der Waals surface area (Å²) in [6.07, 6.45) is 16.9. The van der Waals surface area contributed by atoms with Gasteiger partial charge in [-0.15, -0.1) is 0 Å². The lowest BCUT2D eigenvalue weighted by molar-refractivity contribution is 0.442. The molecule has 1 fully saturated rings. The predicted octanol–water partition coefficient (Wildman–Crippen LogP) is 7.75. The molecule has 37 heavy (non-hydrogen) atoms. The molecule has 0 amide bonds. The topological polar surface area (TPSA) is 0 Å². The van der Waals surface area contributed by atoms with E-state index in [0.717, 1.165) is 6.42 Å². The van der Waals surface area contributed by atoms with Crippen LogP contribution in [0.25, 0.3) is 17.2 Å². The predicted molar refractivity (Wildman–Crippen MR) is 155 cm³/mol. The molecule has 0 nitrogen and oxygen atoms in total. The van der Waals surface area contributed by atoms with Crippen molar-refractivity contribution in [2.24, 2.45) is 0 Å². The fourth-order valence-corrected chi connectivity index (χ4v) is 6.75. The Labute approximate surface area is 219 Å².